The molecule has 2 aromatic carbocycles. The van der Waals surface area contributed by atoms with Crippen molar-refractivity contribution >= 4 is 44.9 Å². The highest BCUT2D eigenvalue weighted by molar-refractivity contribution is 7.89. The van der Waals surface area contributed by atoms with Crippen LogP contribution in [0.15, 0.2) is 51.9 Å². The zero-order valence-electron chi connectivity index (χ0n) is 21.0. The number of hydrogen-bond donors (Lipinski definition) is 2. The normalized spacial score (nSPS) is 22.7. The zero-order chi connectivity index (χ0) is 27.3. The second-order valence-electron chi connectivity index (χ2n) is 10.4. The van der Waals surface area contributed by atoms with Gasteiger partial charge in [-0.05, 0) is 68.9 Å². The fourth-order valence-electron chi connectivity index (χ4n) is 5.78. The molecular weight excluding hydrogens is 563 g/mol. The first-order valence-corrected chi connectivity index (χ1v) is 15.3. The van der Waals surface area contributed by atoms with Gasteiger partial charge >= 0.3 is 6.03 Å². The number of anilines is 1. The number of carbonyl (C=O) groups is 1. The molecule has 2 atom stereocenters. The molecule has 2 saturated heterocycles. The molecule has 6 rings (SSSR count). The second-order valence-corrected chi connectivity index (χ2v) is 12.8. The van der Waals surface area contributed by atoms with Gasteiger partial charge < -0.3 is 19.5 Å². The maximum absolute atomic E-state index is 13.2. The maximum atomic E-state index is 13.2. The number of primary sulfonamides is 1. The van der Waals surface area contributed by atoms with Gasteiger partial charge in [0.05, 0.1) is 27.7 Å². The van der Waals surface area contributed by atoms with Crippen molar-refractivity contribution in [2.24, 2.45) is 5.14 Å². The molecule has 39 heavy (non-hydrogen) atoms. The molecule has 12 heteroatoms. The predicted octanol–water partition coefficient (Wildman–Crippen LogP) is 5.92. The Morgan fingerprint density at radius 3 is 2.38 bits per heavy atom. The lowest BCUT2D eigenvalue weighted by Gasteiger charge is -2.38. The van der Waals surface area contributed by atoms with Crippen molar-refractivity contribution in [3.05, 3.63) is 63.8 Å². The van der Waals surface area contributed by atoms with Crippen molar-refractivity contribution in [2.45, 2.75) is 74.1 Å². The number of sulfonamides is 1. The Morgan fingerprint density at radius 1 is 1.08 bits per heavy atom. The summed E-state index contributed by atoms with van der Waals surface area (Å²) < 4.78 is 35.6. The Balaban J connectivity index is 1.14. The van der Waals surface area contributed by atoms with Crippen LogP contribution in [0.4, 0.5) is 10.5 Å². The van der Waals surface area contributed by atoms with E-state index in [4.69, 9.17) is 37.6 Å². The van der Waals surface area contributed by atoms with Crippen molar-refractivity contribution in [1.29, 1.82) is 0 Å². The van der Waals surface area contributed by atoms with Crippen molar-refractivity contribution in [1.82, 2.24) is 10.1 Å². The molecule has 206 valence electrons. The number of amides is 2. The summed E-state index contributed by atoms with van der Waals surface area (Å²) >= 11 is 13.0. The van der Waals surface area contributed by atoms with E-state index < -0.39 is 10.0 Å². The minimum absolute atomic E-state index is 0.0260. The zero-order valence-corrected chi connectivity index (χ0v) is 23.3. The average Bonchev–Trinajstić information content (AvgIpc) is 3.59. The van der Waals surface area contributed by atoms with Crippen LogP contribution >= 0.6 is 23.2 Å². The molecule has 1 aliphatic carbocycles. The molecule has 3 aromatic rings. The number of piperidine rings is 1. The number of carbonyl (C=O) groups excluding carboxylic acids is 1. The first-order valence-electron chi connectivity index (χ1n) is 13.0. The number of fused-ring (bicyclic) bond motifs is 2. The highest BCUT2D eigenvalue weighted by Crippen LogP contribution is 2.46. The van der Waals surface area contributed by atoms with Gasteiger partial charge in [0.15, 0.2) is 0 Å². The molecule has 3 N–H and O–H groups in total. The molecule has 3 heterocycles. The highest BCUT2D eigenvalue weighted by Gasteiger charge is 2.44. The van der Waals surface area contributed by atoms with Gasteiger partial charge in [-0.3, -0.25) is 0 Å². The molecule has 2 unspecified atom stereocenters. The Hall–Kier alpha value is -2.63. The van der Waals surface area contributed by atoms with E-state index in [1.54, 1.807) is 30.3 Å². The van der Waals surface area contributed by atoms with Crippen LogP contribution < -0.4 is 10.5 Å². The molecule has 3 fully saturated rings. The molecule has 0 radical (unpaired) electrons. The number of ether oxygens (including phenoxy) is 1. The molecule has 9 nitrogen and oxygen atoms in total. The lowest BCUT2D eigenvalue weighted by Crippen LogP contribution is -2.50. The summed E-state index contributed by atoms with van der Waals surface area (Å²) in [6.07, 6.45) is 5.24. The lowest BCUT2D eigenvalue weighted by molar-refractivity contribution is -0.0158. The van der Waals surface area contributed by atoms with Crippen LogP contribution in [0.1, 0.15) is 55.8 Å². The van der Waals surface area contributed by atoms with Crippen molar-refractivity contribution < 1.29 is 22.5 Å². The quantitative estimate of drug-likeness (QED) is 0.351. The third-order valence-corrected chi connectivity index (χ3v) is 9.31. The fraction of sp³-hybridized carbons (Fsp3) is 0.407. The largest absolute Gasteiger partial charge is 0.373 e. The van der Waals surface area contributed by atoms with Crippen LogP contribution in [0, 0.1) is 0 Å². The monoisotopic (exact) mass is 590 g/mol. The van der Waals surface area contributed by atoms with Crippen molar-refractivity contribution in [3.63, 3.8) is 0 Å². The van der Waals surface area contributed by atoms with Crippen LogP contribution in [0.25, 0.3) is 11.3 Å². The Bertz CT molecular complexity index is 1490. The molecule has 0 spiro atoms. The van der Waals surface area contributed by atoms with E-state index in [0.29, 0.717) is 52.4 Å². The van der Waals surface area contributed by atoms with Crippen molar-refractivity contribution in [2.75, 3.05) is 5.32 Å². The van der Waals surface area contributed by atoms with Gasteiger partial charge in [-0.2, -0.15) is 0 Å². The molecule has 3 aliphatic rings. The second kappa shape index (κ2) is 10.4. The fourth-order valence-corrected chi connectivity index (χ4v) is 6.92. The van der Waals surface area contributed by atoms with Gasteiger partial charge in [-0.1, -0.05) is 40.5 Å². The number of aromatic nitrogens is 1. The van der Waals surface area contributed by atoms with E-state index in [1.165, 1.54) is 12.1 Å². The van der Waals surface area contributed by atoms with Crippen LogP contribution in [0.5, 0.6) is 0 Å². The minimum atomic E-state index is -3.87. The van der Waals surface area contributed by atoms with Gasteiger partial charge in [-0.25, -0.2) is 18.4 Å². The van der Waals surface area contributed by atoms with Gasteiger partial charge in [0, 0.05) is 34.8 Å². The van der Waals surface area contributed by atoms with E-state index in [-0.39, 0.29) is 29.1 Å². The van der Waals surface area contributed by atoms with Gasteiger partial charge in [0.25, 0.3) is 0 Å². The maximum Gasteiger partial charge on any atom is 0.322 e. The molecule has 1 aromatic heterocycles. The van der Waals surface area contributed by atoms with Gasteiger partial charge in [-0.15, -0.1) is 0 Å². The number of nitrogens with zero attached hydrogens (tertiary/aromatic N) is 2. The Kier molecular flexibility index (Phi) is 7.09. The summed E-state index contributed by atoms with van der Waals surface area (Å²) in [4.78, 5) is 15.0. The SMILES string of the molecule is NS(=O)(=O)c1cccc(NC(=O)N2C3CCC2CC(OCc2c(-c4c(Cl)cccc4Cl)noc2C2CC2)C3)c1. The van der Waals surface area contributed by atoms with Crippen LogP contribution in [0.3, 0.4) is 0 Å². The third-order valence-electron chi connectivity index (χ3n) is 7.77. The molecule has 1 saturated carbocycles. The standard InChI is InChI=1S/C27H28Cl2N4O5S/c28-22-5-2-6-23(29)24(22)25-21(26(38-32-25)15-7-8-15)14-37-19-12-17-9-10-18(13-19)33(17)27(34)31-16-3-1-4-20(11-16)39(30,35)36/h1-6,11,15,17-19H,7-10,12-14H2,(H,31,34)(H2,30,35,36). The van der Waals surface area contributed by atoms with Crippen LogP contribution in [0.2, 0.25) is 10.0 Å². The average molecular weight is 592 g/mol. The summed E-state index contributed by atoms with van der Waals surface area (Å²) in [5, 5.41) is 13.4. The van der Waals surface area contributed by atoms with E-state index in [1.807, 2.05) is 4.90 Å². The summed E-state index contributed by atoms with van der Waals surface area (Å²) in [7, 11) is -3.87. The first kappa shape index (κ1) is 26.6. The molecular formula is C27H28Cl2N4O5S. The van der Waals surface area contributed by atoms with Gasteiger partial charge in [0.1, 0.15) is 11.5 Å². The number of halogens is 2. The number of nitrogens with one attached hydrogen (secondary N) is 1. The van der Waals surface area contributed by atoms with Gasteiger partial charge in [0.2, 0.25) is 10.0 Å². The smallest absolute Gasteiger partial charge is 0.322 e. The summed E-state index contributed by atoms with van der Waals surface area (Å²) in [5.74, 6) is 1.17. The highest BCUT2D eigenvalue weighted by atomic mass is 35.5. The molecule has 2 aliphatic heterocycles. The first-order chi connectivity index (χ1) is 18.7. The third kappa shape index (κ3) is 5.40. The van der Waals surface area contributed by atoms with Crippen LogP contribution in [-0.4, -0.2) is 42.7 Å². The number of urea groups is 1. The number of benzene rings is 2. The lowest BCUT2D eigenvalue weighted by atomic mass is 9.99. The predicted molar refractivity (Wildman–Crippen MR) is 147 cm³/mol. The Labute approximate surface area is 236 Å². The number of rotatable bonds is 7. The van der Waals surface area contributed by atoms with E-state index in [2.05, 4.69) is 10.5 Å². The number of hydrogen-bond acceptors (Lipinski definition) is 6. The molecule has 2 bridgehead atoms. The van der Waals surface area contributed by atoms with Crippen LogP contribution in [-0.2, 0) is 21.4 Å². The Morgan fingerprint density at radius 2 is 1.74 bits per heavy atom. The van der Waals surface area contributed by atoms with E-state index >= 15 is 0 Å². The van der Waals surface area contributed by atoms with Crippen molar-refractivity contribution in [3.8, 4) is 11.3 Å². The summed E-state index contributed by atoms with van der Waals surface area (Å²) in [5.41, 5.74) is 2.53. The topological polar surface area (TPSA) is 128 Å². The van der Waals surface area contributed by atoms with E-state index in [9.17, 15) is 13.2 Å². The summed E-state index contributed by atoms with van der Waals surface area (Å²) in [6.45, 7) is 0.322. The minimum Gasteiger partial charge on any atom is -0.373 e. The molecule has 2 amide bonds. The summed E-state index contributed by atoms with van der Waals surface area (Å²) in [6, 6.07) is 11.1. The number of nitrogens with two attached hydrogens (primary N) is 1. The van der Waals surface area contributed by atoms with E-state index in [0.717, 1.165) is 37.0 Å².